The van der Waals surface area contributed by atoms with E-state index < -0.39 is 0 Å². The third-order valence-corrected chi connectivity index (χ3v) is 4.58. The van der Waals surface area contributed by atoms with Crippen molar-refractivity contribution in [3.8, 4) is 0 Å². The van der Waals surface area contributed by atoms with E-state index in [9.17, 15) is 9.59 Å². The minimum absolute atomic E-state index is 0.162. The molecule has 29 heavy (non-hydrogen) atoms. The number of para-hydroxylation sites is 2. The lowest BCUT2D eigenvalue weighted by molar-refractivity contribution is 0.0498. The second kappa shape index (κ2) is 10.2. The predicted octanol–water partition coefficient (Wildman–Crippen LogP) is 6.01. The van der Waals surface area contributed by atoms with E-state index in [-0.39, 0.29) is 11.9 Å². The van der Waals surface area contributed by atoms with Gasteiger partial charge in [0.1, 0.15) is 0 Å². The van der Waals surface area contributed by atoms with Crippen LogP contribution in [0.2, 0.25) is 0 Å². The minimum Gasteiger partial charge on any atom is -0.462 e. The van der Waals surface area contributed by atoms with Crippen molar-refractivity contribution in [3.63, 3.8) is 0 Å². The van der Waals surface area contributed by atoms with E-state index in [0.29, 0.717) is 17.7 Å². The van der Waals surface area contributed by atoms with Crippen LogP contribution in [-0.4, -0.2) is 18.5 Å². The van der Waals surface area contributed by atoms with Crippen LogP contribution >= 0.6 is 0 Å². The van der Waals surface area contributed by atoms with Gasteiger partial charge in [0.15, 0.2) is 0 Å². The van der Waals surface area contributed by atoms with Gasteiger partial charge in [-0.15, -0.1) is 0 Å². The molecule has 0 atom stereocenters. The highest BCUT2D eigenvalue weighted by Gasteiger charge is 2.20. The van der Waals surface area contributed by atoms with Crippen molar-refractivity contribution in [2.75, 3.05) is 11.5 Å². The summed E-state index contributed by atoms with van der Waals surface area (Å²) in [5.41, 5.74) is 2.51. The quantitative estimate of drug-likeness (QED) is 0.351. The van der Waals surface area contributed by atoms with Crippen molar-refractivity contribution in [2.45, 2.75) is 26.2 Å². The molecule has 0 bridgehead atoms. The molecular formula is C25H25NO3. The van der Waals surface area contributed by atoms with Crippen molar-refractivity contribution in [2.24, 2.45) is 0 Å². The zero-order valence-corrected chi connectivity index (χ0v) is 16.6. The molecule has 0 aromatic heterocycles. The number of rotatable bonds is 8. The van der Waals surface area contributed by atoms with Gasteiger partial charge < -0.3 is 4.74 Å². The maximum Gasteiger partial charge on any atom is 0.338 e. The highest BCUT2D eigenvalue weighted by atomic mass is 16.5. The summed E-state index contributed by atoms with van der Waals surface area (Å²) >= 11 is 0. The van der Waals surface area contributed by atoms with Gasteiger partial charge in [-0.2, -0.15) is 0 Å². The summed E-state index contributed by atoms with van der Waals surface area (Å²) in [4.78, 5) is 27.1. The summed E-state index contributed by atoms with van der Waals surface area (Å²) in [5, 5.41) is 0. The van der Waals surface area contributed by atoms with Crippen LogP contribution in [0.25, 0.3) is 0 Å². The molecule has 0 fully saturated rings. The van der Waals surface area contributed by atoms with Crippen molar-refractivity contribution in [3.05, 3.63) is 96.1 Å². The first-order chi connectivity index (χ1) is 14.2. The first kappa shape index (κ1) is 20.3. The molecule has 0 saturated carbocycles. The average molecular weight is 387 g/mol. The SMILES string of the molecule is CCCCCOC(=O)c1ccc(C(=O)N(c2ccccc2)c2ccccc2)cc1. The molecule has 0 N–H and O–H groups in total. The second-order valence-corrected chi connectivity index (χ2v) is 6.73. The van der Waals surface area contributed by atoms with Crippen molar-refractivity contribution in [1.82, 2.24) is 0 Å². The molecule has 0 saturated heterocycles. The highest BCUT2D eigenvalue weighted by molar-refractivity contribution is 6.11. The summed E-state index contributed by atoms with van der Waals surface area (Å²) in [7, 11) is 0. The van der Waals surface area contributed by atoms with Crippen LogP contribution in [-0.2, 0) is 4.74 Å². The Bertz CT molecular complexity index is 882. The van der Waals surface area contributed by atoms with E-state index in [1.54, 1.807) is 29.2 Å². The lowest BCUT2D eigenvalue weighted by Gasteiger charge is -2.23. The average Bonchev–Trinajstić information content (AvgIpc) is 2.78. The van der Waals surface area contributed by atoms with Crippen molar-refractivity contribution in [1.29, 1.82) is 0 Å². The monoisotopic (exact) mass is 387 g/mol. The molecule has 1 amide bonds. The lowest BCUT2D eigenvalue weighted by Crippen LogP contribution is -2.25. The maximum atomic E-state index is 13.3. The Hall–Kier alpha value is -3.40. The normalized spacial score (nSPS) is 10.4. The standard InChI is InChI=1S/C25H25NO3/c1-2-3-10-19-29-25(28)21-17-15-20(16-18-21)24(27)26(22-11-6-4-7-12-22)23-13-8-5-9-14-23/h4-9,11-18H,2-3,10,19H2,1H3. The maximum absolute atomic E-state index is 13.3. The van der Waals surface area contributed by atoms with E-state index in [1.807, 2.05) is 60.7 Å². The number of ether oxygens (including phenoxy) is 1. The van der Waals surface area contributed by atoms with E-state index in [2.05, 4.69) is 6.92 Å². The summed E-state index contributed by atoms with van der Waals surface area (Å²) in [5.74, 6) is -0.520. The number of carbonyl (C=O) groups excluding carboxylic acids is 2. The van der Waals surface area contributed by atoms with Gasteiger partial charge in [0, 0.05) is 16.9 Å². The van der Waals surface area contributed by atoms with E-state index in [0.717, 1.165) is 30.6 Å². The molecule has 148 valence electrons. The number of hydrogen-bond donors (Lipinski definition) is 0. The predicted molar refractivity (Wildman–Crippen MR) is 116 cm³/mol. The van der Waals surface area contributed by atoms with Crippen LogP contribution in [0.3, 0.4) is 0 Å². The Morgan fingerprint density at radius 1 is 0.724 bits per heavy atom. The third-order valence-electron chi connectivity index (χ3n) is 4.58. The topological polar surface area (TPSA) is 46.6 Å². The molecule has 0 unspecified atom stereocenters. The number of unbranched alkanes of at least 4 members (excludes halogenated alkanes) is 2. The Morgan fingerprint density at radius 2 is 1.24 bits per heavy atom. The number of carbonyl (C=O) groups is 2. The van der Waals surface area contributed by atoms with E-state index >= 15 is 0 Å². The zero-order valence-electron chi connectivity index (χ0n) is 16.6. The Balaban J connectivity index is 1.79. The van der Waals surface area contributed by atoms with Crippen LogP contribution in [0.5, 0.6) is 0 Å². The van der Waals surface area contributed by atoms with Crippen LogP contribution in [0.15, 0.2) is 84.9 Å². The summed E-state index contributed by atoms with van der Waals surface area (Å²) < 4.78 is 5.28. The molecule has 0 aliphatic rings. The smallest absolute Gasteiger partial charge is 0.338 e. The van der Waals surface area contributed by atoms with Gasteiger partial charge in [-0.05, 0) is 55.0 Å². The molecule has 4 heteroatoms. The number of nitrogens with zero attached hydrogens (tertiary/aromatic N) is 1. The summed E-state index contributed by atoms with van der Waals surface area (Å²) in [6.45, 7) is 2.52. The molecule has 4 nitrogen and oxygen atoms in total. The second-order valence-electron chi connectivity index (χ2n) is 6.73. The van der Waals surface area contributed by atoms with E-state index in [4.69, 9.17) is 4.74 Å². The molecule has 3 aromatic rings. The van der Waals surface area contributed by atoms with Gasteiger partial charge >= 0.3 is 5.97 Å². The van der Waals surface area contributed by atoms with Gasteiger partial charge in [-0.1, -0.05) is 56.2 Å². The molecule has 3 aromatic carbocycles. The number of benzene rings is 3. The van der Waals surface area contributed by atoms with Crippen LogP contribution < -0.4 is 4.90 Å². The van der Waals surface area contributed by atoms with Crippen molar-refractivity contribution < 1.29 is 14.3 Å². The van der Waals surface area contributed by atoms with Gasteiger partial charge in [-0.3, -0.25) is 9.69 Å². The molecule has 0 radical (unpaired) electrons. The number of amides is 1. The number of anilines is 2. The largest absolute Gasteiger partial charge is 0.462 e. The fourth-order valence-corrected chi connectivity index (χ4v) is 3.02. The van der Waals surface area contributed by atoms with E-state index in [1.165, 1.54) is 0 Å². The van der Waals surface area contributed by atoms with Crippen LogP contribution in [0, 0.1) is 0 Å². The number of hydrogen-bond acceptors (Lipinski definition) is 3. The van der Waals surface area contributed by atoms with Gasteiger partial charge in [-0.25, -0.2) is 4.79 Å². The Labute approximate surface area is 171 Å². The Morgan fingerprint density at radius 3 is 1.76 bits per heavy atom. The molecule has 0 aliphatic heterocycles. The third kappa shape index (κ3) is 5.32. The lowest BCUT2D eigenvalue weighted by atomic mass is 10.1. The molecule has 0 spiro atoms. The highest BCUT2D eigenvalue weighted by Crippen LogP contribution is 2.27. The van der Waals surface area contributed by atoms with Gasteiger partial charge in [0.05, 0.1) is 12.2 Å². The number of esters is 1. The van der Waals surface area contributed by atoms with Crippen molar-refractivity contribution >= 4 is 23.3 Å². The molecule has 3 rings (SSSR count). The van der Waals surface area contributed by atoms with Gasteiger partial charge in [0.25, 0.3) is 5.91 Å². The first-order valence-corrected chi connectivity index (χ1v) is 9.92. The first-order valence-electron chi connectivity index (χ1n) is 9.92. The Kier molecular flexibility index (Phi) is 7.17. The minimum atomic E-state index is -0.358. The van der Waals surface area contributed by atoms with Crippen LogP contribution in [0.4, 0.5) is 11.4 Å². The fraction of sp³-hybridized carbons (Fsp3) is 0.200. The molecule has 0 heterocycles. The molecular weight excluding hydrogens is 362 g/mol. The van der Waals surface area contributed by atoms with Gasteiger partial charge in [0.2, 0.25) is 0 Å². The molecule has 0 aliphatic carbocycles. The van der Waals surface area contributed by atoms with Crippen LogP contribution in [0.1, 0.15) is 46.9 Å². The summed E-state index contributed by atoms with van der Waals surface area (Å²) in [6, 6.07) is 25.6. The zero-order chi connectivity index (χ0) is 20.5. The fourth-order valence-electron chi connectivity index (χ4n) is 3.02. The summed E-state index contributed by atoms with van der Waals surface area (Å²) in [6.07, 6.45) is 2.98.